The van der Waals surface area contributed by atoms with Crippen LogP contribution in [-0.2, 0) is 36.4 Å². The van der Waals surface area contributed by atoms with Gasteiger partial charge < -0.3 is 21.3 Å². The summed E-state index contributed by atoms with van der Waals surface area (Å²) in [6.45, 7) is 15.2. The van der Waals surface area contributed by atoms with Crippen molar-refractivity contribution in [1.29, 1.82) is 0 Å². The van der Waals surface area contributed by atoms with Gasteiger partial charge in [-0.2, -0.15) is 0 Å². The predicted octanol–water partition coefficient (Wildman–Crippen LogP) is 3.48. The Labute approximate surface area is 269 Å². The molecule has 2 rings (SSSR count). The molecule has 0 unspecified atom stereocenters. The SMILES string of the molecule is CN[C@H](C(=O)N[C@H](C(=O)N(C)[C@H](/C=C(\C)C(=O)NS(=O)(=O)c1ccc(CN)cc1)C(C)C)C(C)(C)C)C(C)(C)c1ccccc1. The Kier molecular flexibility index (Phi) is 12.7. The number of likely N-dealkylation sites (N-methyl/N-ethyl adjacent to an activating group) is 2. The average Bonchev–Trinajstić information content (AvgIpc) is 2.97. The minimum atomic E-state index is -4.13. The molecule has 5 N–H and O–H groups in total. The molecular weight excluding hydrogens is 590 g/mol. The highest BCUT2D eigenvalue weighted by Gasteiger charge is 2.41. The molecule has 248 valence electrons. The predicted molar refractivity (Wildman–Crippen MR) is 179 cm³/mol. The molecule has 0 spiro atoms. The largest absolute Gasteiger partial charge is 0.342 e. The van der Waals surface area contributed by atoms with Crippen molar-refractivity contribution in [2.45, 2.75) is 90.4 Å². The van der Waals surface area contributed by atoms with Crippen LogP contribution < -0.4 is 21.1 Å². The second-order valence-electron chi connectivity index (χ2n) is 13.4. The zero-order valence-electron chi connectivity index (χ0n) is 28.3. The van der Waals surface area contributed by atoms with Crippen molar-refractivity contribution in [1.82, 2.24) is 20.3 Å². The maximum absolute atomic E-state index is 14.1. The molecular formula is C34H51N5O5S. The fraction of sp³-hybridized carbons (Fsp3) is 0.500. The lowest BCUT2D eigenvalue weighted by Gasteiger charge is -2.40. The number of nitrogens with one attached hydrogen (secondary N) is 3. The Balaban J connectivity index is 2.32. The second-order valence-corrected chi connectivity index (χ2v) is 15.1. The smallest absolute Gasteiger partial charge is 0.264 e. The minimum absolute atomic E-state index is 0.0624. The van der Waals surface area contributed by atoms with Crippen LogP contribution in [0.5, 0.6) is 0 Å². The normalized spacial score (nSPS) is 14.8. The van der Waals surface area contributed by atoms with E-state index in [0.717, 1.165) is 11.1 Å². The summed E-state index contributed by atoms with van der Waals surface area (Å²) in [6.07, 6.45) is 1.58. The number of hydrogen-bond acceptors (Lipinski definition) is 7. The molecule has 0 heterocycles. The van der Waals surface area contributed by atoms with E-state index in [4.69, 9.17) is 5.73 Å². The van der Waals surface area contributed by atoms with Crippen LogP contribution in [0.2, 0.25) is 0 Å². The Morgan fingerprint density at radius 3 is 1.96 bits per heavy atom. The lowest BCUT2D eigenvalue weighted by atomic mass is 9.76. The third-order valence-electron chi connectivity index (χ3n) is 8.14. The van der Waals surface area contributed by atoms with E-state index in [1.807, 2.05) is 78.8 Å². The van der Waals surface area contributed by atoms with E-state index < -0.39 is 44.9 Å². The van der Waals surface area contributed by atoms with E-state index in [1.54, 1.807) is 32.3 Å². The van der Waals surface area contributed by atoms with Crippen molar-refractivity contribution in [3.8, 4) is 0 Å². The van der Waals surface area contributed by atoms with Crippen molar-refractivity contribution in [2.75, 3.05) is 14.1 Å². The van der Waals surface area contributed by atoms with E-state index in [9.17, 15) is 22.8 Å². The summed E-state index contributed by atoms with van der Waals surface area (Å²) < 4.78 is 27.8. The number of benzene rings is 2. The van der Waals surface area contributed by atoms with Crippen LogP contribution in [0.25, 0.3) is 0 Å². The first kappa shape index (κ1) is 37.6. The molecule has 45 heavy (non-hydrogen) atoms. The number of carbonyl (C=O) groups excluding carboxylic acids is 3. The Morgan fingerprint density at radius 1 is 0.933 bits per heavy atom. The molecule has 3 amide bonds. The molecule has 0 saturated carbocycles. The van der Waals surface area contributed by atoms with Gasteiger partial charge in [0.1, 0.15) is 6.04 Å². The third-order valence-corrected chi connectivity index (χ3v) is 9.49. The molecule has 0 aliphatic rings. The monoisotopic (exact) mass is 641 g/mol. The number of carbonyl (C=O) groups is 3. The third kappa shape index (κ3) is 9.48. The summed E-state index contributed by atoms with van der Waals surface area (Å²) in [5.41, 5.74) is 6.22. The topological polar surface area (TPSA) is 151 Å². The highest BCUT2D eigenvalue weighted by atomic mass is 32.2. The van der Waals surface area contributed by atoms with Crippen molar-refractivity contribution in [3.63, 3.8) is 0 Å². The van der Waals surface area contributed by atoms with Crippen LogP contribution in [-0.4, -0.2) is 63.3 Å². The lowest BCUT2D eigenvalue weighted by Crippen LogP contribution is -2.61. The van der Waals surface area contributed by atoms with Crippen LogP contribution in [0, 0.1) is 11.3 Å². The highest BCUT2D eigenvalue weighted by molar-refractivity contribution is 7.90. The molecule has 2 aromatic carbocycles. The summed E-state index contributed by atoms with van der Waals surface area (Å²) in [5, 5.41) is 6.15. The van der Waals surface area contributed by atoms with Gasteiger partial charge in [0.05, 0.1) is 17.0 Å². The van der Waals surface area contributed by atoms with Gasteiger partial charge in [-0.3, -0.25) is 14.4 Å². The van der Waals surface area contributed by atoms with Gasteiger partial charge in [0, 0.05) is 24.6 Å². The Bertz CT molecular complexity index is 1460. The maximum atomic E-state index is 14.1. The van der Waals surface area contributed by atoms with Crippen molar-refractivity contribution < 1.29 is 22.8 Å². The van der Waals surface area contributed by atoms with Gasteiger partial charge in [-0.15, -0.1) is 0 Å². The number of amides is 3. The molecule has 10 nitrogen and oxygen atoms in total. The molecule has 0 fully saturated rings. The van der Waals surface area contributed by atoms with E-state index >= 15 is 0 Å². The second kappa shape index (κ2) is 15.2. The lowest BCUT2D eigenvalue weighted by molar-refractivity contribution is -0.140. The molecule has 0 bridgehead atoms. The zero-order chi connectivity index (χ0) is 34.3. The van der Waals surface area contributed by atoms with Gasteiger partial charge in [-0.1, -0.05) is 97.0 Å². The quantitative estimate of drug-likeness (QED) is 0.245. The number of hydrogen-bond donors (Lipinski definition) is 4. The number of nitrogens with two attached hydrogens (primary N) is 1. The van der Waals surface area contributed by atoms with Crippen LogP contribution in [0.1, 0.15) is 66.5 Å². The van der Waals surface area contributed by atoms with Crippen LogP contribution in [0.4, 0.5) is 0 Å². The van der Waals surface area contributed by atoms with Gasteiger partial charge >= 0.3 is 0 Å². The summed E-state index contributed by atoms with van der Waals surface area (Å²) >= 11 is 0. The highest BCUT2D eigenvalue weighted by Crippen LogP contribution is 2.29. The van der Waals surface area contributed by atoms with Crippen molar-refractivity contribution >= 4 is 27.7 Å². The zero-order valence-corrected chi connectivity index (χ0v) is 29.1. The minimum Gasteiger partial charge on any atom is -0.342 e. The fourth-order valence-corrected chi connectivity index (χ4v) is 6.25. The van der Waals surface area contributed by atoms with Crippen molar-refractivity contribution in [2.24, 2.45) is 17.1 Å². The number of sulfonamides is 1. The van der Waals surface area contributed by atoms with E-state index in [0.29, 0.717) is 0 Å². The molecule has 0 aromatic heterocycles. The standard InChI is InChI=1S/C34H51N5O5S/c1-22(2)27(20-23(3)30(40)38-45(43,44)26-18-16-24(21-35)17-19-26)39(10)32(42)29(33(4,5)6)37-31(41)28(36-9)34(7,8)25-14-12-11-13-15-25/h11-20,22,27-29,36H,21,35H2,1-10H3,(H,37,41)(H,38,40)/b23-20+/t27-,28-,29-/m1/s1. The number of nitrogens with zero attached hydrogens (tertiary/aromatic N) is 1. The van der Waals surface area contributed by atoms with Gasteiger partial charge in [-0.05, 0) is 48.6 Å². The summed E-state index contributed by atoms with van der Waals surface area (Å²) in [7, 11) is -0.783. The molecule has 2 aromatic rings. The molecule has 0 aliphatic heterocycles. The van der Waals surface area contributed by atoms with Crippen LogP contribution >= 0.6 is 0 Å². The number of rotatable bonds is 13. The summed E-state index contributed by atoms with van der Waals surface area (Å²) in [4.78, 5) is 42.3. The molecule has 3 atom stereocenters. The fourth-order valence-electron chi connectivity index (χ4n) is 5.23. The molecule has 0 saturated heterocycles. The molecule has 0 radical (unpaired) electrons. The summed E-state index contributed by atoms with van der Waals surface area (Å²) in [6, 6.07) is 13.6. The summed E-state index contributed by atoms with van der Waals surface area (Å²) in [5.74, 6) is -1.59. The Morgan fingerprint density at radius 2 is 1.49 bits per heavy atom. The van der Waals surface area contributed by atoms with Gasteiger partial charge in [0.25, 0.3) is 15.9 Å². The first-order valence-electron chi connectivity index (χ1n) is 15.1. The van der Waals surface area contributed by atoms with Gasteiger partial charge in [0.2, 0.25) is 11.8 Å². The first-order valence-corrected chi connectivity index (χ1v) is 16.6. The van der Waals surface area contributed by atoms with Crippen molar-refractivity contribution in [3.05, 3.63) is 77.4 Å². The Hall–Kier alpha value is -3.54. The van der Waals surface area contributed by atoms with E-state index in [-0.39, 0.29) is 34.7 Å². The van der Waals surface area contributed by atoms with E-state index in [2.05, 4.69) is 15.4 Å². The average molecular weight is 642 g/mol. The molecule has 11 heteroatoms. The maximum Gasteiger partial charge on any atom is 0.264 e. The van der Waals surface area contributed by atoms with Crippen LogP contribution in [0.15, 0.2) is 71.1 Å². The van der Waals surface area contributed by atoms with Crippen LogP contribution in [0.3, 0.4) is 0 Å². The van der Waals surface area contributed by atoms with E-state index in [1.165, 1.54) is 24.0 Å². The van der Waals surface area contributed by atoms with Gasteiger partial charge in [0.15, 0.2) is 0 Å². The molecule has 0 aliphatic carbocycles. The first-order chi connectivity index (χ1) is 20.8. The van der Waals surface area contributed by atoms with Gasteiger partial charge in [-0.25, -0.2) is 13.1 Å².